The van der Waals surface area contributed by atoms with E-state index in [2.05, 4.69) is 16.9 Å². The number of aromatic nitrogens is 2. The van der Waals surface area contributed by atoms with Crippen LogP contribution in [0.1, 0.15) is 23.3 Å². The van der Waals surface area contributed by atoms with Crippen molar-refractivity contribution in [2.75, 3.05) is 0 Å². The van der Waals surface area contributed by atoms with E-state index < -0.39 is 0 Å². The highest BCUT2D eigenvalue weighted by Gasteiger charge is 2.12. The summed E-state index contributed by atoms with van der Waals surface area (Å²) in [6, 6.07) is 10.5. The fraction of sp³-hybridized carbons (Fsp3) is 0.125. The Morgan fingerprint density at radius 3 is 2.45 bits per heavy atom. The van der Waals surface area contributed by atoms with Crippen molar-refractivity contribution in [1.29, 1.82) is 0 Å². The molecule has 0 aliphatic carbocycles. The molecule has 0 bridgehead atoms. The molecule has 0 aliphatic rings. The van der Waals surface area contributed by atoms with E-state index in [0.717, 1.165) is 10.6 Å². The van der Waals surface area contributed by atoms with E-state index in [-0.39, 0.29) is 11.7 Å². The van der Waals surface area contributed by atoms with Crippen molar-refractivity contribution in [3.63, 3.8) is 0 Å². The van der Waals surface area contributed by atoms with Crippen LogP contribution < -0.4 is 0 Å². The predicted octanol–water partition coefficient (Wildman–Crippen LogP) is 4.50. The molecule has 4 heteroatoms. The van der Waals surface area contributed by atoms with Gasteiger partial charge in [-0.05, 0) is 42.0 Å². The highest BCUT2D eigenvalue weighted by Crippen LogP contribution is 2.32. The van der Waals surface area contributed by atoms with E-state index in [1.54, 1.807) is 35.9 Å². The van der Waals surface area contributed by atoms with Gasteiger partial charge in [0.2, 0.25) is 0 Å². The van der Waals surface area contributed by atoms with Crippen LogP contribution in [0.4, 0.5) is 4.39 Å². The maximum absolute atomic E-state index is 12.9. The predicted molar refractivity (Wildman–Crippen MR) is 79.3 cm³/mol. The minimum Gasteiger partial charge on any atom is -0.265 e. The lowest BCUT2D eigenvalue weighted by Crippen LogP contribution is -1.92. The van der Waals surface area contributed by atoms with E-state index in [1.165, 1.54) is 22.6 Å². The van der Waals surface area contributed by atoms with Crippen LogP contribution in [0, 0.1) is 5.82 Å². The van der Waals surface area contributed by atoms with Crippen LogP contribution in [0.25, 0.3) is 10.6 Å². The molecular formula is C16H13FN2S. The van der Waals surface area contributed by atoms with Crippen molar-refractivity contribution in [3.8, 4) is 10.6 Å². The average Bonchev–Trinajstić information content (AvgIpc) is 2.98. The maximum Gasteiger partial charge on any atom is 0.123 e. The van der Waals surface area contributed by atoms with Gasteiger partial charge in [-0.2, -0.15) is 0 Å². The van der Waals surface area contributed by atoms with Crippen LogP contribution in [0.5, 0.6) is 0 Å². The molecular weight excluding hydrogens is 271 g/mol. The zero-order valence-electron chi connectivity index (χ0n) is 11.0. The Morgan fingerprint density at radius 2 is 1.75 bits per heavy atom. The number of thiazole rings is 1. The molecule has 0 N–H and O–H groups in total. The van der Waals surface area contributed by atoms with Crippen molar-refractivity contribution in [3.05, 3.63) is 71.2 Å². The first kappa shape index (κ1) is 12.9. The quantitative estimate of drug-likeness (QED) is 0.708. The molecule has 3 rings (SSSR count). The standard InChI is InChI=1S/C16H13FN2S/c1-11(12-6-8-18-9-7-12)15-10-19-16(20-15)13-2-4-14(17)5-3-13/h2-11H,1H3. The molecule has 0 aliphatic heterocycles. The van der Waals surface area contributed by atoms with Gasteiger partial charge in [-0.15, -0.1) is 11.3 Å². The Labute approximate surface area is 121 Å². The zero-order valence-corrected chi connectivity index (χ0v) is 11.8. The van der Waals surface area contributed by atoms with Crippen molar-refractivity contribution in [1.82, 2.24) is 9.97 Å². The molecule has 2 aromatic heterocycles. The average molecular weight is 284 g/mol. The molecule has 1 unspecified atom stereocenters. The van der Waals surface area contributed by atoms with E-state index >= 15 is 0 Å². The fourth-order valence-electron chi connectivity index (χ4n) is 2.03. The molecule has 1 atom stereocenters. The minimum absolute atomic E-state index is 0.226. The normalized spacial score (nSPS) is 12.3. The number of hydrogen-bond donors (Lipinski definition) is 0. The first-order chi connectivity index (χ1) is 9.74. The van der Waals surface area contributed by atoms with Gasteiger partial charge >= 0.3 is 0 Å². The molecule has 0 saturated heterocycles. The number of hydrogen-bond acceptors (Lipinski definition) is 3. The number of nitrogens with zero attached hydrogens (tertiary/aromatic N) is 2. The second-order valence-electron chi connectivity index (χ2n) is 4.58. The monoisotopic (exact) mass is 284 g/mol. The summed E-state index contributed by atoms with van der Waals surface area (Å²) in [6.07, 6.45) is 5.50. The second kappa shape index (κ2) is 5.51. The summed E-state index contributed by atoms with van der Waals surface area (Å²) in [5, 5.41) is 0.918. The molecule has 20 heavy (non-hydrogen) atoms. The third-order valence-electron chi connectivity index (χ3n) is 3.25. The van der Waals surface area contributed by atoms with Crippen LogP contribution in [0.3, 0.4) is 0 Å². The Balaban J connectivity index is 1.89. The number of benzene rings is 1. The summed E-state index contributed by atoms with van der Waals surface area (Å²) >= 11 is 1.64. The molecule has 0 amide bonds. The topological polar surface area (TPSA) is 25.8 Å². The first-order valence-electron chi connectivity index (χ1n) is 6.35. The van der Waals surface area contributed by atoms with Crippen LogP contribution >= 0.6 is 11.3 Å². The number of pyridine rings is 1. The van der Waals surface area contributed by atoms with Gasteiger partial charge in [0.15, 0.2) is 0 Å². The van der Waals surface area contributed by atoms with Gasteiger partial charge < -0.3 is 0 Å². The van der Waals surface area contributed by atoms with Crippen molar-refractivity contribution in [2.24, 2.45) is 0 Å². The molecule has 0 saturated carbocycles. The highest BCUT2D eigenvalue weighted by atomic mass is 32.1. The zero-order chi connectivity index (χ0) is 13.9. The van der Waals surface area contributed by atoms with Crippen LogP contribution in [0.15, 0.2) is 55.0 Å². The summed E-state index contributed by atoms with van der Waals surface area (Å²) in [5.41, 5.74) is 2.17. The smallest absolute Gasteiger partial charge is 0.123 e. The van der Waals surface area contributed by atoms with Crippen molar-refractivity contribution >= 4 is 11.3 Å². The van der Waals surface area contributed by atoms with Gasteiger partial charge in [-0.3, -0.25) is 4.98 Å². The highest BCUT2D eigenvalue weighted by molar-refractivity contribution is 7.15. The SMILES string of the molecule is CC(c1ccncc1)c1cnc(-c2ccc(F)cc2)s1. The first-order valence-corrected chi connectivity index (χ1v) is 7.17. The van der Waals surface area contributed by atoms with E-state index in [4.69, 9.17) is 0 Å². The van der Waals surface area contributed by atoms with Gasteiger partial charge in [-0.1, -0.05) is 6.92 Å². The van der Waals surface area contributed by atoms with Crippen molar-refractivity contribution in [2.45, 2.75) is 12.8 Å². The summed E-state index contributed by atoms with van der Waals surface area (Å²) in [4.78, 5) is 9.67. The number of rotatable bonds is 3. The Hall–Kier alpha value is -2.07. The Bertz CT molecular complexity index is 692. The van der Waals surface area contributed by atoms with Crippen LogP contribution in [-0.4, -0.2) is 9.97 Å². The van der Waals surface area contributed by atoms with Gasteiger partial charge in [0.1, 0.15) is 10.8 Å². The molecule has 1 aromatic carbocycles. The lowest BCUT2D eigenvalue weighted by molar-refractivity contribution is 0.628. The number of halogens is 1. The Kier molecular flexibility index (Phi) is 3.56. The third-order valence-corrected chi connectivity index (χ3v) is 4.48. The van der Waals surface area contributed by atoms with E-state index in [0.29, 0.717) is 0 Å². The van der Waals surface area contributed by atoms with E-state index in [9.17, 15) is 4.39 Å². The maximum atomic E-state index is 12.9. The molecule has 2 nitrogen and oxygen atoms in total. The Morgan fingerprint density at radius 1 is 1.05 bits per heavy atom. The summed E-state index contributed by atoms with van der Waals surface area (Å²) < 4.78 is 12.9. The summed E-state index contributed by atoms with van der Waals surface area (Å²) in [5.74, 6) is 0.0559. The largest absolute Gasteiger partial charge is 0.265 e. The second-order valence-corrected chi connectivity index (χ2v) is 5.64. The van der Waals surface area contributed by atoms with Gasteiger partial charge in [0, 0.05) is 34.9 Å². The molecule has 0 fully saturated rings. The molecule has 100 valence electrons. The molecule has 0 spiro atoms. The third kappa shape index (κ3) is 2.60. The van der Waals surface area contributed by atoms with Crippen molar-refractivity contribution < 1.29 is 4.39 Å². The molecule has 3 aromatic rings. The van der Waals surface area contributed by atoms with E-state index in [1.807, 2.05) is 18.3 Å². The fourth-order valence-corrected chi connectivity index (χ4v) is 3.03. The van der Waals surface area contributed by atoms with Gasteiger partial charge in [0.25, 0.3) is 0 Å². The van der Waals surface area contributed by atoms with Gasteiger partial charge in [-0.25, -0.2) is 9.37 Å². The molecule has 0 radical (unpaired) electrons. The van der Waals surface area contributed by atoms with Crippen LogP contribution in [-0.2, 0) is 0 Å². The summed E-state index contributed by atoms with van der Waals surface area (Å²) in [7, 11) is 0. The molecule has 2 heterocycles. The lowest BCUT2D eigenvalue weighted by atomic mass is 10.0. The summed E-state index contributed by atoms with van der Waals surface area (Å²) in [6.45, 7) is 2.15. The minimum atomic E-state index is -0.226. The van der Waals surface area contributed by atoms with Crippen LogP contribution in [0.2, 0.25) is 0 Å². The lowest BCUT2D eigenvalue weighted by Gasteiger charge is -2.07. The van der Waals surface area contributed by atoms with Gasteiger partial charge in [0.05, 0.1) is 0 Å².